The first-order valence-electron chi connectivity index (χ1n) is 19.2. The van der Waals surface area contributed by atoms with Crippen molar-refractivity contribution in [2.24, 2.45) is 0 Å². The first kappa shape index (κ1) is 32.2. The second-order valence-corrected chi connectivity index (χ2v) is 16.5. The summed E-state index contributed by atoms with van der Waals surface area (Å²) >= 11 is 1.83. The predicted octanol–water partition coefficient (Wildman–Crippen LogP) is 13.3. The zero-order valence-corrected chi connectivity index (χ0v) is 31.6. The maximum Gasteiger partial charge on any atom is 0.165 e. The largest absolute Gasteiger partial charge is 0.208 e. The molecular weight excluding hydrogens is 687 g/mol. The van der Waals surface area contributed by atoms with Gasteiger partial charge in [-0.25, -0.2) is 15.0 Å². The average Bonchev–Trinajstić information content (AvgIpc) is 3.66. The smallest absolute Gasteiger partial charge is 0.165 e. The van der Waals surface area contributed by atoms with E-state index in [0.29, 0.717) is 17.5 Å². The normalized spacial score (nSPS) is 15.3. The summed E-state index contributed by atoms with van der Waals surface area (Å²) in [5.41, 5.74) is 15.7. The number of hydrogen-bond acceptors (Lipinski definition) is 4. The Morgan fingerprint density at radius 1 is 0.527 bits per heavy atom. The van der Waals surface area contributed by atoms with E-state index < -0.39 is 0 Å². The van der Waals surface area contributed by atoms with E-state index in [1.807, 2.05) is 47.7 Å². The third kappa shape index (κ3) is 5.05. The minimum absolute atomic E-state index is 0.0287. The Balaban J connectivity index is 1.05. The van der Waals surface area contributed by atoms with E-state index >= 15 is 0 Å². The number of aromatic nitrogens is 3. The van der Waals surface area contributed by atoms with Gasteiger partial charge in [0.2, 0.25) is 0 Å². The van der Waals surface area contributed by atoms with Crippen molar-refractivity contribution >= 4 is 31.5 Å². The zero-order valence-electron chi connectivity index (χ0n) is 30.8. The van der Waals surface area contributed by atoms with Crippen molar-refractivity contribution in [2.75, 3.05) is 0 Å². The van der Waals surface area contributed by atoms with Crippen LogP contribution in [0.1, 0.15) is 54.0 Å². The summed E-state index contributed by atoms with van der Waals surface area (Å²) in [5.74, 6) is 2.32. The molecule has 11 rings (SSSR count). The van der Waals surface area contributed by atoms with Crippen LogP contribution in [0.4, 0.5) is 0 Å². The van der Waals surface area contributed by atoms with Crippen LogP contribution in [0.2, 0.25) is 0 Å². The van der Waals surface area contributed by atoms with Gasteiger partial charge in [0.05, 0.1) is 0 Å². The van der Waals surface area contributed by atoms with Gasteiger partial charge in [-0.15, -0.1) is 11.3 Å². The van der Waals surface area contributed by atoms with Crippen molar-refractivity contribution in [1.82, 2.24) is 15.0 Å². The van der Waals surface area contributed by atoms with Gasteiger partial charge < -0.3 is 0 Å². The summed E-state index contributed by atoms with van der Waals surface area (Å²) in [5, 5.41) is 2.53. The van der Waals surface area contributed by atoms with Gasteiger partial charge in [0.1, 0.15) is 0 Å². The molecule has 0 saturated carbocycles. The third-order valence-corrected chi connectivity index (χ3v) is 13.2. The maximum atomic E-state index is 5.10. The molecule has 2 aromatic heterocycles. The minimum Gasteiger partial charge on any atom is -0.208 e. The van der Waals surface area contributed by atoms with E-state index in [1.165, 1.54) is 70.2 Å². The SMILES string of the molecule is CC1(C)c2ccccc2-c2c1ccc1c2-c2ccccc2C(c2ccc3sc4c(-c5nc(-c6ccccc6)nc(-c6ccccc6)n5)cccc4c3c2)CC1. The third-order valence-electron chi connectivity index (χ3n) is 12.0. The molecule has 7 aromatic carbocycles. The second kappa shape index (κ2) is 12.4. The van der Waals surface area contributed by atoms with E-state index in [9.17, 15) is 0 Å². The van der Waals surface area contributed by atoms with Crippen LogP contribution < -0.4 is 0 Å². The van der Waals surface area contributed by atoms with Crippen LogP contribution >= 0.6 is 11.3 Å². The van der Waals surface area contributed by atoms with Gasteiger partial charge in [0.25, 0.3) is 0 Å². The van der Waals surface area contributed by atoms with E-state index in [0.717, 1.165) is 29.5 Å². The molecule has 3 nitrogen and oxygen atoms in total. The molecule has 0 saturated heterocycles. The summed E-state index contributed by atoms with van der Waals surface area (Å²) in [7, 11) is 0. The number of fused-ring (bicyclic) bond motifs is 10. The number of aryl methyl sites for hydroxylation is 1. The van der Waals surface area contributed by atoms with Crippen molar-refractivity contribution in [3.63, 3.8) is 0 Å². The highest BCUT2D eigenvalue weighted by Crippen LogP contribution is 2.55. The minimum atomic E-state index is -0.0287. The fraction of sp³-hybridized carbons (Fsp3) is 0.118. The Hall–Kier alpha value is -6.23. The van der Waals surface area contributed by atoms with Gasteiger partial charge >= 0.3 is 0 Å². The molecule has 4 heteroatoms. The number of nitrogens with zero attached hydrogens (tertiary/aromatic N) is 3. The lowest BCUT2D eigenvalue weighted by Gasteiger charge is -2.22. The number of rotatable bonds is 4. The average molecular weight is 724 g/mol. The Bertz CT molecular complexity index is 2900. The van der Waals surface area contributed by atoms with Gasteiger partial charge in [-0.05, 0) is 81.1 Å². The molecule has 0 amide bonds. The lowest BCUT2D eigenvalue weighted by atomic mass is 9.80. The van der Waals surface area contributed by atoms with Gasteiger partial charge in [0, 0.05) is 48.2 Å². The molecule has 0 bridgehead atoms. The summed E-state index contributed by atoms with van der Waals surface area (Å²) < 4.78 is 2.47. The summed E-state index contributed by atoms with van der Waals surface area (Å²) in [4.78, 5) is 15.1. The molecular formula is C51H37N3S. The fourth-order valence-corrected chi connectivity index (χ4v) is 10.5. The Kier molecular flexibility index (Phi) is 7.27. The standard InChI is InChI=1S/C51H37N3S/c1-51(2)42-23-12-11-20-39(42)46-43(51)28-25-31-24-27-35(36-18-9-10-19-37(36)45(31)46)34-26-29-44-41(30-34)38-21-13-22-40(47(38)55-44)50-53-48(32-14-5-3-6-15-32)52-49(54-50)33-16-7-4-8-17-33/h3-23,25-26,28-30,35H,24,27H2,1-2H3. The lowest BCUT2D eigenvalue weighted by Crippen LogP contribution is -2.15. The first-order valence-corrected chi connectivity index (χ1v) is 20.0. The zero-order chi connectivity index (χ0) is 36.7. The molecule has 0 radical (unpaired) electrons. The van der Waals surface area contributed by atoms with Crippen LogP contribution in [-0.4, -0.2) is 15.0 Å². The molecule has 262 valence electrons. The quantitative estimate of drug-likeness (QED) is 0.181. The molecule has 0 N–H and O–H groups in total. The van der Waals surface area contributed by atoms with Gasteiger partial charge in [-0.3, -0.25) is 0 Å². The van der Waals surface area contributed by atoms with E-state index in [4.69, 9.17) is 15.0 Å². The van der Waals surface area contributed by atoms with E-state index in [2.05, 4.69) is 135 Å². The molecule has 9 aromatic rings. The van der Waals surface area contributed by atoms with Crippen molar-refractivity contribution in [1.29, 1.82) is 0 Å². The van der Waals surface area contributed by atoms with Crippen LogP contribution in [0.25, 0.3) is 76.6 Å². The molecule has 1 unspecified atom stereocenters. The van der Waals surface area contributed by atoms with E-state index in [1.54, 1.807) is 0 Å². The van der Waals surface area contributed by atoms with Crippen molar-refractivity contribution in [3.05, 3.63) is 186 Å². The van der Waals surface area contributed by atoms with E-state index in [-0.39, 0.29) is 11.3 Å². The molecule has 2 aliphatic rings. The van der Waals surface area contributed by atoms with Crippen molar-refractivity contribution in [3.8, 4) is 56.4 Å². The predicted molar refractivity (Wildman–Crippen MR) is 229 cm³/mol. The lowest BCUT2D eigenvalue weighted by molar-refractivity contribution is 0.660. The highest BCUT2D eigenvalue weighted by Gasteiger charge is 2.38. The Morgan fingerprint density at radius 3 is 1.95 bits per heavy atom. The van der Waals surface area contributed by atoms with Gasteiger partial charge in [-0.2, -0.15) is 0 Å². The van der Waals surface area contributed by atoms with Gasteiger partial charge in [-0.1, -0.05) is 153 Å². The van der Waals surface area contributed by atoms with Crippen LogP contribution in [0, 0.1) is 0 Å². The molecule has 2 aliphatic carbocycles. The number of thiophene rings is 1. The Morgan fingerprint density at radius 2 is 1.18 bits per heavy atom. The number of benzene rings is 7. The molecule has 2 heterocycles. The summed E-state index contributed by atoms with van der Waals surface area (Å²) in [6, 6.07) is 57.3. The number of hydrogen-bond donors (Lipinski definition) is 0. The highest BCUT2D eigenvalue weighted by molar-refractivity contribution is 7.26. The van der Waals surface area contributed by atoms with Crippen LogP contribution in [0.15, 0.2) is 158 Å². The highest BCUT2D eigenvalue weighted by atomic mass is 32.1. The maximum absolute atomic E-state index is 5.10. The van der Waals surface area contributed by atoms with Crippen LogP contribution in [-0.2, 0) is 11.8 Å². The molecule has 1 atom stereocenters. The fourth-order valence-electron chi connectivity index (χ4n) is 9.32. The molecule has 0 fully saturated rings. The van der Waals surface area contributed by atoms with Gasteiger partial charge in [0.15, 0.2) is 17.5 Å². The summed E-state index contributed by atoms with van der Waals surface area (Å²) in [6.45, 7) is 4.76. The second-order valence-electron chi connectivity index (χ2n) is 15.4. The van der Waals surface area contributed by atoms with Crippen molar-refractivity contribution < 1.29 is 0 Å². The molecule has 55 heavy (non-hydrogen) atoms. The molecule has 0 spiro atoms. The summed E-state index contributed by atoms with van der Waals surface area (Å²) in [6.07, 6.45) is 2.09. The van der Waals surface area contributed by atoms with Crippen LogP contribution in [0.3, 0.4) is 0 Å². The van der Waals surface area contributed by atoms with Crippen LogP contribution in [0.5, 0.6) is 0 Å². The Labute approximate surface area is 325 Å². The monoisotopic (exact) mass is 723 g/mol. The first-order chi connectivity index (χ1) is 27.0. The molecule has 0 aliphatic heterocycles. The topological polar surface area (TPSA) is 38.7 Å². The van der Waals surface area contributed by atoms with Crippen molar-refractivity contribution in [2.45, 2.75) is 38.0 Å².